The van der Waals surface area contributed by atoms with Crippen LogP contribution in [-0.2, 0) is 0 Å². The Balaban J connectivity index is 0.00000300. The predicted octanol–water partition coefficient (Wildman–Crippen LogP) is 4.45. The van der Waals surface area contributed by atoms with Gasteiger partial charge in [-0.3, -0.25) is 19.8 Å². The molecule has 7 nitrogen and oxygen atoms in total. The first-order valence-electron chi connectivity index (χ1n) is 8.85. The van der Waals surface area contributed by atoms with E-state index < -0.39 is 4.92 Å². The first-order chi connectivity index (χ1) is 13.3. The minimum absolute atomic E-state index is 0. The van der Waals surface area contributed by atoms with Crippen molar-refractivity contribution >= 4 is 50.7 Å². The highest BCUT2D eigenvalue weighted by Gasteiger charge is 2.22. The fourth-order valence-electron chi connectivity index (χ4n) is 2.80. The minimum atomic E-state index is -0.475. The first-order valence-corrected chi connectivity index (χ1v) is 9.67. The molecule has 0 aliphatic rings. The molecule has 1 aromatic heterocycles. The summed E-state index contributed by atoms with van der Waals surface area (Å²) in [6, 6.07) is 9.77. The van der Waals surface area contributed by atoms with Gasteiger partial charge in [-0.15, -0.1) is 12.4 Å². The van der Waals surface area contributed by atoms with Crippen molar-refractivity contribution in [2.45, 2.75) is 13.8 Å². The molecule has 2 aromatic carbocycles. The highest BCUT2D eigenvalue weighted by molar-refractivity contribution is 7.22. The molecule has 3 rings (SSSR count). The Morgan fingerprint density at radius 1 is 1.10 bits per heavy atom. The van der Waals surface area contributed by atoms with Gasteiger partial charge in [0.2, 0.25) is 0 Å². The minimum Gasteiger partial charge on any atom is -0.308 e. The molecule has 1 heterocycles. The van der Waals surface area contributed by atoms with Crippen LogP contribution in [0, 0.1) is 24.0 Å². The van der Waals surface area contributed by atoms with Gasteiger partial charge in [0.15, 0.2) is 5.13 Å². The van der Waals surface area contributed by atoms with Gasteiger partial charge in [-0.1, -0.05) is 17.4 Å². The lowest BCUT2D eigenvalue weighted by atomic mass is 10.1. The van der Waals surface area contributed by atoms with E-state index in [2.05, 4.69) is 6.07 Å². The normalized spacial score (nSPS) is 10.8. The lowest BCUT2D eigenvalue weighted by Gasteiger charge is -2.22. The number of hydrogen-bond acceptors (Lipinski definition) is 6. The largest absolute Gasteiger partial charge is 0.308 e. The lowest BCUT2D eigenvalue weighted by Crippen LogP contribution is -2.36. The Hall–Kier alpha value is -2.55. The number of carbonyl (C=O) groups excluding carboxylic acids is 1. The number of rotatable bonds is 6. The fourth-order valence-corrected chi connectivity index (χ4v) is 3.84. The van der Waals surface area contributed by atoms with Crippen molar-refractivity contribution in [3.63, 3.8) is 0 Å². The Labute approximate surface area is 179 Å². The second-order valence-electron chi connectivity index (χ2n) is 6.91. The van der Waals surface area contributed by atoms with Crippen LogP contribution in [0.5, 0.6) is 0 Å². The number of nitrogens with zero attached hydrogens (tertiary/aromatic N) is 4. The van der Waals surface area contributed by atoms with Crippen molar-refractivity contribution < 1.29 is 9.72 Å². The molecule has 0 saturated heterocycles. The number of likely N-dealkylation sites (N-methyl/N-ethyl adjacent to an activating group) is 1. The zero-order chi connectivity index (χ0) is 20.4. The number of fused-ring (bicyclic) bond motifs is 1. The number of aromatic nitrogens is 1. The van der Waals surface area contributed by atoms with E-state index in [9.17, 15) is 14.9 Å². The third-order valence-corrected chi connectivity index (χ3v) is 5.69. The summed E-state index contributed by atoms with van der Waals surface area (Å²) in [5.74, 6) is -0.217. The number of thiazole rings is 1. The number of hydrogen-bond donors (Lipinski definition) is 0. The smallest absolute Gasteiger partial charge is 0.269 e. The molecule has 0 unspecified atom stereocenters. The number of carbonyl (C=O) groups is 1. The second-order valence-corrected chi connectivity index (χ2v) is 7.92. The number of amides is 1. The summed E-state index contributed by atoms with van der Waals surface area (Å²) in [7, 11) is 3.89. The van der Waals surface area contributed by atoms with Crippen LogP contribution in [0.2, 0.25) is 0 Å². The van der Waals surface area contributed by atoms with Crippen LogP contribution in [0.4, 0.5) is 10.8 Å². The second kappa shape index (κ2) is 9.30. The summed E-state index contributed by atoms with van der Waals surface area (Å²) >= 11 is 1.48. The van der Waals surface area contributed by atoms with Crippen molar-refractivity contribution in [2.75, 3.05) is 32.1 Å². The van der Waals surface area contributed by atoms with Gasteiger partial charge in [0.1, 0.15) is 0 Å². The van der Waals surface area contributed by atoms with Crippen molar-refractivity contribution in [1.82, 2.24) is 9.88 Å². The zero-order valence-electron chi connectivity index (χ0n) is 16.7. The van der Waals surface area contributed by atoms with E-state index in [4.69, 9.17) is 4.98 Å². The number of nitro benzene ring substituents is 1. The van der Waals surface area contributed by atoms with Crippen molar-refractivity contribution in [3.05, 3.63) is 63.2 Å². The molecule has 29 heavy (non-hydrogen) atoms. The van der Waals surface area contributed by atoms with Gasteiger partial charge in [-0.2, -0.15) is 0 Å². The molecule has 0 radical (unpaired) electrons. The number of benzene rings is 2. The van der Waals surface area contributed by atoms with E-state index in [1.807, 2.05) is 38.9 Å². The van der Waals surface area contributed by atoms with Crippen LogP contribution in [0.15, 0.2) is 36.4 Å². The van der Waals surface area contributed by atoms with Gasteiger partial charge in [-0.05, 0) is 57.3 Å². The molecule has 154 valence electrons. The summed E-state index contributed by atoms with van der Waals surface area (Å²) in [6.07, 6.45) is 0. The van der Waals surface area contributed by atoms with Crippen molar-refractivity contribution in [3.8, 4) is 0 Å². The standard InChI is InChI=1S/C20H22N4O3S.ClH/c1-13-5-10-17-18(14(13)2)21-20(28-17)23(12-11-22(3)4)19(25)15-6-8-16(9-7-15)24(26)27;/h5-10H,11-12H2,1-4H3;1H. The highest BCUT2D eigenvalue weighted by atomic mass is 35.5. The molecule has 0 atom stereocenters. The topological polar surface area (TPSA) is 79.6 Å². The molecule has 0 aliphatic carbocycles. The SMILES string of the molecule is Cc1ccc2sc(N(CCN(C)C)C(=O)c3ccc([N+](=O)[O-])cc3)nc2c1C.Cl. The number of anilines is 1. The molecule has 0 aliphatic heterocycles. The molecule has 0 spiro atoms. The van der Waals surface area contributed by atoms with Crippen LogP contribution in [0.1, 0.15) is 21.5 Å². The fraction of sp³-hybridized carbons (Fsp3) is 0.300. The van der Waals surface area contributed by atoms with Gasteiger partial charge < -0.3 is 4.90 Å². The quantitative estimate of drug-likeness (QED) is 0.423. The maximum absolute atomic E-state index is 13.2. The predicted molar refractivity (Wildman–Crippen MR) is 120 cm³/mol. The molecule has 1 amide bonds. The third-order valence-electron chi connectivity index (χ3n) is 4.65. The summed E-state index contributed by atoms with van der Waals surface area (Å²) in [5, 5.41) is 11.5. The van der Waals surface area contributed by atoms with E-state index in [-0.39, 0.29) is 24.0 Å². The van der Waals surface area contributed by atoms with Gasteiger partial charge >= 0.3 is 0 Å². The van der Waals surface area contributed by atoms with E-state index in [1.165, 1.54) is 35.6 Å². The van der Waals surface area contributed by atoms with Crippen LogP contribution < -0.4 is 4.90 Å². The Kier molecular flexibility index (Phi) is 7.29. The van der Waals surface area contributed by atoms with Gasteiger partial charge in [0.05, 0.1) is 15.1 Å². The Morgan fingerprint density at radius 3 is 2.34 bits per heavy atom. The van der Waals surface area contributed by atoms with Crippen LogP contribution >= 0.6 is 23.7 Å². The van der Waals surface area contributed by atoms with Gasteiger partial charge in [-0.25, -0.2) is 4.98 Å². The summed E-state index contributed by atoms with van der Waals surface area (Å²) < 4.78 is 1.03. The summed E-state index contributed by atoms with van der Waals surface area (Å²) in [4.78, 5) is 32.0. The van der Waals surface area contributed by atoms with Gasteiger partial charge in [0, 0.05) is 30.8 Å². The number of halogens is 1. The maximum atomic E-state index is 13.2. The van der Waals surface area contributed by atoms with Crippen LogP contribution in [0.25, 0.3) is 10.2 Å². The lowest BCUT2D eigenvalue weighted by molar-refractivity contribution is -0.384. The van der Waals surface area contributed by atoms with E-state index >= 15 is 0 Å². The Morgan fingerprint density at radius 2 is 1.76 bits per heavy atom. The molecule has 0 saturated carbocycles. The average Bonchev–Trinajstić information content (AvgIpc) is 3.09. The van der Waals surface area contributed by atoms with Crippen LogP contribution in [0.3, 0.4) is 0 Å². The van der Waals surface area contributed by atoms with Gasteiger partial charge in [0.25, 0.3) is 11.6 Å². The van der Waals surface area contributed by atoms with E-state index in [0.717, 1.165) is 21.3 Å². The number of non-ortho nitro benzene ring substituents is 1. The third kappa shape index (κ3) is 4.90. The van der Waals surface area contributed by atoms with E-state index in [0.29, 0.717) is 23.8 Å². The molecule has 9 heteroatoms. The summed E-state index contributed by atoms with van der Waals surface area (Å²) in [6.45, 7) is 5.22. The zero-order valence-corrected chi connectivity index (χ0v) is 18.3. The molecular formula is C20H23ClN4O3S. The Bertz CT molecular complexity index is 1030. The monoisotopic (exact) mass is 434 g/mol. The number of nitro groups is 1. The highest BCUT2D eigenvalue weighted by Crippen LogP contribution is 2.32. The van der Waals surface area contributed by atoms with Crippen LogP contribution in [-0.4, -0.2) is 47.9 Å². The average molecular weight is 435 g/mol. The van der Waals surface area contributed by atoms with Crippen molar-refractivity contribution in [2.24, 2.45) is 0 Å². The molecule has 0 bridgehead atoms. The van der Waals surface area contributed by atoms with Crippen molar-refractivity contribution in [1.29, 1.82) is 0 Å². The first kappa shape index (κ1) is 22.7. The molecule has 0 fully saturated rings. The molecule has 3 aromatic rings. The molecule has 0 N–H and O–H groups in total. The maximum Gasteiger partial charge on any atom is 0.269 e. The van der Waals surface area contributed by atoms with E-state index in [1.54, 1.807) is 4.90 Å². The summed E-state index contributed by atoms with van der Waals surface area (Å²) in [5.41, 5.74) is 3.53. The number of aryl methyl sites for hydroxylation is 2. The molecular weight excluding hydrogens is 412 g/mol.